The Hall–Kier alpha value is -1.06. The minimum absolute atomic E-state index is 0.0419. The Kier molecular flexibility index (Phi) is 7.97. The third-order valence-electron chi connectivity index (χ3n) is 5.75. The van der Waals surface area contributed by atoms with Crippen LogP contribution in [0, 0.1) is 22.2 Å². The van der Waals surface area contributed by atoms with E-state index < -0.39 is 0 Å². The van der Waals surface area contributed by atoms with Crippen molar-refractivity contribution in [1.29, 1.82) is 0 Å². The zero-order valence-corrected chi connectivity index (χ0v) is 19.4. The van der Waals surface area contributed by atoms with Gasteiger partial charge >= 0.3 is 0 Å². The van der Waals surface area contributed by atoms with Gasteiger partial charge in [-0.3, -0.25) is 9.59 Å². The molecule has 0 aliphatic rings. The van der Waals surface area contributed by atoms with E-state index in [-0.39, 0.29) is 45.6 Å². The fraction of sp³-hybridized carbons (Fsp3) is 0.909. The topological polar surface area (TPSA) is 58.2 Å². The summed E-state index contributed by atoms with van der Waals surface area (Å²) in [6, 6.07) is 0.0641. The van der Waals surface area contributed by atoms with Crippen molar-refractivity contribution in [3.8, 4) is 0 Å². The van der Waals surface area contributed by atoms with Crippen molar-refractivity contribution < 1.29 is 9.59 Å². The highest BCUT2D eigenvalue weighted by Gasteiger charge is 2.34. The summed E-state index contributed by atoms with van der Waals surface area (Å²) < 4.78 is 0. The summed E-state index contributed by atoms with van der Waals surface area (Å²) in [7, 11) is 0. The number of nitrogens with one attached hydrogen (secondary N) is 2. The molecule has 0 unspecified atom stereocenters. The molecule has 0 aromatic heterocycles. The maximum absolute atomic E-state index is 12.6. The Morgan fingerprint density at radius 1 is 0.808 bits per heavy atom. The standard InChI is InChI=1S/C22H44N2O2/c1-15(19(3,4)5)17(25)24-22(11,12)14-13-21(9,10)16(2)23-18(26)20(6,7)8/h15-16H,13-14H2,1-12H3,(H,23,26)(H,24,25)/t15-,16+/m1/s1. The Morgan fingerprint density at radius 2 is 1.27 bits per heavy atom. The van der Waals surface area contributed by atoms with Gasteiger partial charge in [-0.1, -0.05) is 62.3 Å². The van der Waals surface area contributed by atoms with Crippen molar-refractivity contribution in [3.63, 3.8) is 0 Å². The molecule has 0 saturated heterocycles. The normalized spacial score (nSPS) is 16.0. The van der Waals surface area contributed by atoms with Gasteiger partial charge in [-0.15, -0.1) is 0 Å². The fourth-order valence-corrected chi connectivity index (χ4v) is 2.36. The second-order valence-corrected chi connectivity index (χ2v) is 11.4. The fourth-order valence-electron chi connectivity index (χ4n) is 2.36. The summed E-state index contributed by atoms with van der Waals surface area (Å²) in [6.07, 6.45) is 1.77. The Balaban J connectivity index is 4.82. The van der Waals surface area contributed by atoms with Crippen LogP contribution < -0.4 is 10.6 Å². The molecule has 26 heavy (non-hydrogen) atoms. The Morgan fingerprint density at radius 3 is 1.65 bits per heavy atom. The van der Waals surface area contributed by atoms with Gasteiger partial charge in [0.25, 0.3) is 0 Å². The van der Waals surface area contributed by atoms with Crippen LogP contribution in [0.25, 0.3) is 0 Å². The van der Waals surface area contributed by atoms with E-state index >= 15 is 0 Å². The molecule has 0 aromatic carbocycles. The SMILES string of the molecule is C[C@H](C(=O)NC(C)(C)CCC(C)(C)[C@H](C)NC(=O)C(C)(C)C)C(C)(C)C. The molecule has 4 nitrogen and oxygen atoms in total. The molecule has 0 bridgehead atoms. The van der Waals surface area contributed by atoms with Crippen LogP contribution in [-0.2, 0) is 9.59 Å². The molecule has 0 aliphatic heterocycles. The first-order valence-corrected chi connectivity index (χ1v) is 9.92. The average Bonchev–Trinajstić information content (AvgIpc) is 2.41. The zero-order chi connectivity index (χ0) is 21.1. The van der Waals surface area contributed by atoms with E-state index in [2.05, 4.69) is 66.0 Å². The second kappa shape index (κ2) is 8.31. The monoisotopic (exact) mass is 368 g/mol. The molecule has 0 aromatic rings. The van der Waals surface area contributed by atoms with Crippen molar-refractivity contribution >= 4 is 11.8 Å². The van der Waals surface area contributed by atoms with Gasteiger partial charge in [0.05, 0.1) is 0 Å². The maximum atomic E-state index is 12.6. The summed E-state index contributed by atoms with van der Waals surface area (Å²) in [5.74, 6) is 0.138. The number of carbonyl (C=O) groups is 2. The Bertz CT molecular complexity index is 493. The third-order valence-corrected chi connectivity index (χ3v) is 5.75. The van der Waals surface area contributed by atoms with E-state index in [1.807, 2.05) is 27.7 Å². The van der Waals surface area contributed by atoms with Crippen molar-refractivity contribution in [2.24, 2.45) is 22.2 Å². The van der Waals surface area contributed by atoms with Crippen LogP contribution in [0.1, 0.15) is 95.9 Å². The minimum atomic E-state index is -0.388. The van der Waals surface area contributed by atoms with Gasteiger partial charge in [-0.25, -0.2) is 0 Å². The summed E-state index contributed by atoms with van der Waals surface area (Å²) in [6.45, 7) is 24.6. The highest BCUT2D eigenvalue weighted by atomic mass is 16.2. The van der Waals surface area contributed by atoms with Crippen LogP contribution in [0.3, 0.4) is 0 Å². The Labute approximate surface area is 162 Å². The lowest BCUT2D eigenvalue weighted by molar-refractivity contribution is -0.130. The van der Waals surface area contributed by atoms with E-state index in [1.54, 1.807) is 0 Å². The molecule has 0 radical (unpaired) electrons. The lowest BCUT2D eigenvalue weighted by atomic mass is 9.77. The highest BCUT2D eigenvalue weighted by molar-refractivity contribution is 5.81. The van der Waals surface area contributed by atoms with Gasteiger partial charge in [-0.05, 0) is 44.4 Å². The molecule has 2 atom stereocenters. The number of hydrogen-bond donors (Lipinski definition) is 2. The molecule has 2 amide bonds. The number of amides is 2. The van der Waals surface area contributed by atoms with E-state index in [0.29, 0.717) is 0 Å². The quantitative estimate of drug-likeness (QED) is 0.670. The zero-order valence-electron chi connectivity index (χ0n) is 19.4. The van der Waals surface area contributed by atoms with Gasteiger partial charge in [-0.2, -0.15) is 0 Å². The highest BCUT2D eigenvalue weighted by Crippen LogP contribution is 2.32. The van der Waals surface area contributed by atoms with Crippen LogP contribution in [0.4, 0.5) is 0 Å². The van der Waals surface area contributed by atoms with Crippen molar-refractivity contribution in [3.05, 3.63) is 0 Å². The first-order chi connectivity index (χ1) is 11.3. The van der Waals surface area contributed by atoms with Crippen molar-refractivity contribution in [2.75, 3.05) is 0 Å². The number of hydrogen-bond acceptors (Lipinski definition) is 2. The van der Waals surface area contributed by atoms with Gasteiger partial charge < -0.3 is 10.6 Å². The predicted octanol–water partition coefficient (Wildman–Crippen LogP) is 4.92. The molecule has 0 fully saturated rings. The summed E-state index contributed by atoms with van der Waals surface area (Å²) in [5, 5.41) is 6.36. The summed E-state index contributed by atoms with van der Waals surface area (Å²) >= 11 is 0. The van der Waals surface area contributed by atoms with Crippen LogP contribution in [-0.4, -0.2) is 23.4 Å². The minimum Gasteiger partial charge on any atom is -0.353 e. The first-order valence-electron chi connectivity index (χ1n) is 9.92. The van der Waals surface area contributed by atoms with Crippen LogP contribution in [0.2, 0.25) is 0 Å². The van der Waals surface area contributed by atoms with Crippen LogP contribution in [0.15, 0.2) is 0 Å². The molecule has 154 valence electrons. The number of rotatable bonds is 7. The molecule has 4 heteroatoms. The van der Waals surface area contributed by atoms with Crippen LogP contribution in [0.5, 0.6) is 0 Å². The van der Waals surface area contributed by atoms with Crippen molar-refractivity contribution in [1.82, 2.24) is 10.6 Å². The lowest BCUT2D eigenvalue weighted by Gasteiger charge is -2.38. The maximum Gasteiger partial charge on any atom is 0.225 e. The van der Waals surface area contributed by atoms with Crippen molar-refractivity contribution in [2.45, 2.75) is 108 Å². The van der Waals surface area contributed by atoms with Gasteiger partial charge in [0, 0.05) is 22.9 Å². The smallest absolute Gasteiger partial charge is 0.225 e. The molecule has 0 rings (SSSR count). The second-order valence-electron chi connectivity index (χ2n) is 11.4. The molecule has 0 heterocycles. The molecule has 0 saturated carbocycles. The lowest BCUT2D eigenvalue weighted by Crippen LogP contribution is -2.50. The van der Waals surface area contributed by atoms with Crippen LogP contribution >= 0.6 is 0 Å². The molecule has 2 N–H and O–H groups in total. The summed E-state index contributed by atoms with van der Waals surface area (Å²) in [5.41, 5.74) is -0.772. The van der Waals surface area contributed by atoms with Gasteiger partial charge in [0.1, 0.15) is 0 Å². The molecular weight excluding hydrogens is 324 g/mol. The predicted molar refractivity (Wildman–Crippen MR) is 111 cm³/mol. The average molecular weight is 369 g/mol. The van der Waals surface area contributed by atoms with E-state index in [4.69, 9.17) is 0 Å². The molecule has 0 aliphatic carbocycles. The molecule has 0 spiro atoms. The van der Waals surface area contributed by atoms with E-state index in [9.17, 15) is 9.59 Å². The van der Waals surface area contributed by atoms with Gasteiger partial charge in [0.15, 0.2) is 0 Å². The molecular formula is C22H44N2O2. The van der Waals surface area contributed by atoms with E-state index in [1.165, 1.54) is 0 Å². The first kappa shape index (κ1) is 24.9. The van der Waals surface area contributed by atoms with Gasteiger partial charge in [0.2, 0.25) is 11.8 Å². The summed E-state index contributed by atoms with van der Waals surface area (Å²) in [4.78, 5) is 24.8. The van der Waals surface area contributed by atoms with E-state index in [0.717, 1.165) is 12.8 Å². The third kappa shape index (κ3) is 8.09. The largest absolute Gasteiger partial charge is 0.353 e. The number of carbonyl (C=O) groups excluding carboxylic acids is 2.